The van der Waals surface area contributed by atoms with Crippen LogP contribution in [0.15, 0.2) is 29.2 Å². The summed E-state index contributed by atoms with van der Waals surface area (Å²) in [7, 11) is 3.80. The lowest BCUT2D eigenvalue weighted by atomic mass is 10.3. The highest BCUT2D eigenvalue weighted by atomic mass is 32.2. The highest BCUT2D eigenvalue weighted by Gasteiger charge is 2.19. The zero-order valence-electron chi connectivity index (χ0n) is 13.9. The number of carbonyl (C=O) groups excluding carboxylic acids is 2. The minimum absolute atomic E-state index is 0.00786. The number of amides is 2. The fourth-order valence-electron chi connectivity index (χ4n) is 1.82. The Labute approximate surface area is 145 Å². The number of hydrogen-bond acceptors (Lipinski definition) is 6. The molecule has 0 aliphatic heterocycles. The first-order chi connectivity index (χ1) is 11.3. The van der Waals surface area contributed by atoms with Gasteiger partial charge in [0.2, 0.25) is 11.8 Å². The van der Waals surface area contributed by atoms with Crippen LogP contribution in [0.4, 0.5) is 5.69 Å². The summed E-state index contributed by atoms with van der Waals surface area (Å²) >= 11 is 1.28. The molecule has 1 aromatic carbocycles. The van der Waals surface area contributed by atoms with E-state index in [0.717, 1.165) is 0 Å². The molecule has 0 spiro atoms. The molecule has 0 aromatic heterocycles. The van der Waals surface area contributed by atoms with E-state index in [1.807, 2.05) is 19.0 Å². The molecule has 2 N–H and O–H groups in total. The predicted octanol–water partition coefficient (Wildman–Crippen LogP) is 0.869. The van der Waals surface area contributed by atoms with Gasteiger partial charge >= 0.3 is 0 Å². The fraction of sp³-hybridized carbons (Fsp3) is 0.467. The number of likely N-dealkylation sites (N-methyl/N-ethyl adjacent to an activating group) is 1. The summed E-state index contributed by atoms with van der Waals surface area (Å²) in [5.74, 6) is -0.290. The van der Waals surface area contributed by atoms with Crippen molar-refractivity contribution in [3.8, 4) is 0 Å². The Balaban J connectivity index is 2.65. The van der Waals surface area contributed by atoms with Crippen molar-refractivity contribution >= 4 is 29.3 Å². The summed E-state index contributed by atoms with van der Waals surface area (Å²) in [4.78, 5) is 36.4. The Bertz CT molecular complexity index is 595. The van der Waals surface area contributed by atoms with E-state index >= 15 is 0 Å². The zero-order valence-corrected chi connectivity index (χ0v) is 14.8. The summed E-state index contributed by atoms with van der Waals surface area (Å²) in [6.07, 6.45) is 0. The van der Waals surface area contributed by atoms with E-state index in [1.54, 1.807) is 12.1 Å². The normalized spacial score (nSPS) is 11.8. The lowest BCUT2D eigenvalue weighted by molar-refractivity contribution is -0.385. The second-order valence-corrected chi connectivity index (χ2v) is 6.51. The van der Waals surface area contributed by atoms with E-state index in [-0.39, 0.29) is 23.3 Å². The molecule has 0 radical (unpaired) electrons. The standard InChI is InChI=1S/C15H22N4O4S/c1-11(20)17-14(15(21)16-7-8-18(2)3)10-24-13-6-4-5-12(9-13)19(22)23/h4-6,9,14H,7-8,10H2,1-3H3,(H,16,21)(H,17,20). The molecule has 1 aromatic rings. The van der Waals surface area contributed by atoms with Gasteiger partial charge in [0.25, 0.3) is 5.69 Å². The number of nitrogens with one attached hydrogen (secondary N) is 2. The van der Waals surface area contributed by atoms with Crippen LogP contribution < -0.4 is 10.6 Å². The lowest BCUT2D eigenvalue weighted by Crippen LogP contribution is -2.48. The van der Waals surface area contributed by atoms with Crippen molar-refractivity contribution < 1.29 is 14.5 Å². The third-order valence-electron chi connectivity index (χ3n) is 3.00. The van der Waals surface area contributed by atoms with E-state index in [1.165, 1.54) is 30.8 Å². The van der Waals surface area contributed by atoms with Crippen LogP contribution >= 0.6 is 11.8 Å². The Morgan fingerprint density at radius 3 is 2.67 bits per heavy atom. The highest BCUT2D eigenvalue weighted by molar-refractivity contribution is 7.99. The van der Waals surface area contributed by atoms with Crippen LogP contribution in [0.1, 0.15) is 6.92 Å². The fourth-order valence-corrected chi connectivity index (χ4v) is 2.79. The van der Waals surface area contributed by atoms with E-state index in [0.29, 0.717) is 18.0 Å². The van der Waals surface area contributed by atoms with Crippen molar-refractivity contribution in [2.45, 2.75) is 17.9 Å². The Morgan fingerprint density at radius 1 is 1.38 bits per heavy atom. The van der Waals surface area contributed by atoms with Crippen LogP contribution in [0.2, 0.25) is 0 Å². The molecule has 0 saturated heterocycles. The molecule has 1 atom stereocenters. The molecule has 9 heteroatoms. The van der Waals surface area contributed by atoms with E-state index in [4.69, 9.17) is 0 Å². The summed E-state index contributed by atoms with van der Waals surface area (Å²) in [6.45, 7) is 2.51. The maximum atomic E-state index is 12.2. The Kier molecular flexibility index (Phi) is 8.20. The van der Waals surface area contributed by atoms with E-state index < -0.39 is 11.0 Å². The van der Waals surface area contributed by atoms with Crippen molar-refractivity contribution in [2.75, 3.05) is 32.9 Å². The van der Waals surface area contributed by atoms with Gasteiger partial charge in [-0.25, -0.2) is 0 Å². The molecule has 0 aliphatic rings. The average Bonchev–Trinajstić information content (AvgIpc) is 2.50. The minimum Gasteiger partial charge on any atom is -0.353 e. The predicted molar refractivity (Wildman–Crippen MR) is 93.0 cm³/mol. The van der Waals surface area contributed by atoms with Crippen molar-refractivity contribution in [3.63, 3.8) is 0 Å². The largest absolute Gasteiger partial charge is 0.353 e. The average molecular weight is 354 g/mol. The second-order valence-electron chi connectivity index (χ2n) is 5.41. The number of hydrogen-bond donors (Lipinski definition) is 2. The third-order valence-corrected chi connectivity index (χ3v) is 4.08. The van der Waals surface area contributed by atoms with Crippen LogP contribution in [-0.2, 0) is 9.59 Å². The summed E-state index contributed by atoms with van der Waals surface area (Å²) in [5, 5.41) is 16.2. The molecule has 1 rings (SSSR count). The van der Waals surface area contributed by atoms with Crippen LogP contribution in [0.5, 0.6) is 0 Å². The molecule has 0 saturated carbocycles. The number of nitro groups is 1. The maximum absolute atomic E-state index is 12.2. The van der Waals surface area contributed by atoms with Crippen molar-refractivity contribution in [2.24, 2.45) is 0 Å². The number of nitrogens with zero attached hydrogens (tertiary/aromatic N) is 2. The van der Waals surface area contributed by atoms with Crippen molar-refractivity contribution in [3.05, 3.63) is 34.4 Å². The van der Waals surface area contributed by atoms with Gasteiger partial charge in [-0.3, -0.25) is 19.7 Å². The number of carbonyl (C=O) groups is 2. The van der Waals surface area contributed by atoms with Crippen molar-refractivity contribution in [1.29, 1.82) is 0 Å². The number of non-ortho nitro benzene ring substituents is 1. The number of rotatable bonds is 9. The molecule has 0 heterocycles. The van der Waals surface area contributed by atoms with Gasteiger partial charge in [0.05, 0.1) is 4.92 Å². The van der Waals surface area contributed by atoms with Gasteiger partial charge in [-0.15, -0.1) is 11.8 Å². The van der Waals surface area contributed by atoms with Gasteiger partial charge < -0.3 is 15.5 Å². The van der Waals surface area contributed by atoms with Gasteiger partial charge in [0, 0.05) is 42.8 Å². The quantitative estimate of drug-likeness (QED) is 0.387. The molecule has 1 unspecified atom stereocenters. The Morgan fingerprint density at radius 2 is 2.08 bits per heavy atom. The van der Waals surface area contributed by atoms with E-state index in [2.05, 4.69) is 10.6 Å². The SMILES string of the molecule is CC(=O)NC(CSc1cccc([N+](=O)[O-])c1)C(=O)NCCN(C)C. The third kappa shape index (κ3) is 7.42. The first-order valence-electron chi connectivity index (χ1n) is 7.36. The van der Waals surface area contributed by atoms with Gasteiger partial charge in [-0.05, 0) is 20.2 Å². The number of benzene rings is 1. The van der Waals surface area contributed by atoms with Gasteiger partial charge in [0.1, 0.15) is 6.04 Å². The lowest BCUT2D eigenvalue weighted by Gasteiger charge is -2.18. The first kappa shape index (κ1) is 19.9. The number of thioether (sulfide) groups is 1. The van der Waals surface area contributed by atoms with Crippen LogP contribution in [0.25, 0.3) is 0 Å². The molecular formula is C15H22N4O4S. The van der Waals surface area contributed by atoms with Gasteiger partial charge in [-0.1, -0.05) is 6.07 Å². The van der Waals surface area contributed by atoms with Gasteiger partial charge in [-0.2, -0.15) is 0 Å². The molecule has 0 bridgehead atoms. The molecule has 2 amide bonds. The molecule has 132 valence electrons. The van der Waals surface area contributed by atoms with Gasteiger partial charge in [0.15, 0.2) is 0 Å². The zero-order chi connectivity index (χ0) is 18.1. The molecule has 0 aliphatic carbocycles. The first-order valence-corrected chi connectivity index (χ1v) is 8.35. The Hall–Kier alpha value is -2.13. The second kappa shape index (κ2) is 9.89. The summed E-state index contributed by atoms with van der Waals surface area (Å²) in [5.41, 5.74) is -0.00786. The minimum atomic E-state index is -0.700. The van der Waals surface area contributed by atoms with Crippen molar-refractivity contribution in [1.82, 2.24) is 15.5 Å². The summed E-state index contributed by atoms with van der Waals surface area (Å²) < 4.78 is 0. The maximum Gasteiger partial charge on any atom is 0.270 e. The number of nitro benzene ring substituents is 1. The molecular weight excluding hydrogens is 332 g/mol. The van der Waals surface area contributed by atoms with Crippen LogP contribution in [-0.4, -0.2) is 60.6 Å². The van der Waals surface area contributed by atoms with Crippen LogP contribution in [0.3, 0.4) is 0 Å². The summed E-state index contributed by atoms with van der Waals surface area (Å²) in [6, 6.07) is 5.47. The van der Waals surface area contributed by atoms with E-state index in [9.17, 15) is 19.7 Å². The molecule has 24 heavy (non-hydrogen) atoms. The molecule has 0 fully saturated rings. The van der Waals surface area contributed by atoms with Crippen LogP contribution in [0, 0.1) is 10.1 Å². The highest BCUT2D eigenvalue weighted by Crippen LogP contribution is 2.23. The molecule has 8 nitrogen and oxygen atoms in total. The topological polar surface area (TPSA) is 105 Å². The smallest absolute Gasteiger partial charge is 0.270 e. The monoisotopic (exact) mass is 354 g/mol.